The van der Waals surface area contributed by atoms with Crippen LogP contribution in [0.1, 0.15) is 24.4 Å². The molecule has 5 heteroatoms. The molecule has 2 aromatic heterocycles. The lowest BCUT2D eigenvalue weighted by atomic mass is 10.1. The Bertz CT molecular complexity index is 480. The van der Waals surface area contributed by atoms with E-state index in [1.807, 2.05) is 27.0 Å². The van der Waals surface area contributed by atoms with Crippen molar-refractivity contribution < 1.29 is 4.52 Å². The molecule has 0 saturated carbocycles. The predicted octanol–water partition coefficient (Wildman–Crippen LogP) is 1.72. The molecule has 1 atom stereocenters. The van der Waals surface area contributed by atoms with E-state index in [0.717, 1.165) is 11.1 Å². The molecule has 0 aliphatic carbocycles. The second kappa shape index (κ2) is 4.40. The van der Waals surface area contributed by atoms with Crippen LogP contribution in [-0.4, -0.2) is 22.2 Å². The molecule has 0 aliphatic heterocycles. The smallest absolute Gasteiger partial charge is 0.243 e. The van der Waals surface area contributed by atoms with Crippen LogP contribution in [0.25, 0.3) is 11.4 Å². The Hall–Kier alpha value is -1.75. The second-order valence-electron chi connectivity index (χ2n) is 3.66. The number of pyridine rings is 1. The van der Waals surface area contributed by atoms with Crippen LogP contribution in [0.4, 0.5) is 0 Å². The fourth-order valence-corrected chi connectivity index (χ4v) is 1.37. The summed E-state index contributed by atoms with van der Waals surface area (Å²) in [6, 6.07) is 1.94. The molecule has 5 nitrogen and oxygen atoms in total. The molecular weight excluding hydrogens is 204 g/mol. The highest BCUT2D eigenvalue weighted by atomic mass is 16.5. The van der Waals surface area contributed by atoms with E-state index in [2.05, 4.69) is 20.4 Å². The lowest BCUT2D eigenvalue weighted by Crippen LogP contribution is -2.12. The Morgan fingerprint density at radius 3 is 2.94 bits per heavy atom. The number of hydrogen-bond donors (Lipinski definition) is 1. The summed E-state index contributed by atoms with van der Waals surface area (Å²) in [6.07, 6.45) is 3.51. The topological polar surface area (TPSA) is 63.8 Å². The first-order valence-electron chi connectivity index (χ1n) is 5.14. The Morgan fingerprint density at radius 1 is 1.44 bits per heavy atom. The summed E-state index contributed by atoms with van der Waals surface area (Å²) < 4.78 is 5.18. The van der Waals surface area contributed by atoms with E-state index in [1.165, 1.54) is 0 Å². The highest BCUT2D eigenvalue weighted by molar-refractivity contribution is 5.57. The van der Waals surface area contributed by atoms with E-state index in [-0.39, 0.29) is 6.04 Å². The molecule has 0 radical (unpaired) electrons. The van der Waals surface area contributed by atoms with Gasteiger partial charge in [-0.15, -0.1) is 0 Å². The lowest BCUT2D eigenvalue weighted by Gasteiger charge is -2.01. The molecule has 2 heterocycles. The molecule has 0 aliphatic rings. The van der Waals surface area contributed by atoms with Gasteiger partial charge in [0.1, 0.15) is 0 Å². The molecule has 16 heavy (non-hydrogen) atoms. The van der Waals surface area contributed by atoms with Gasteiger partial charge in [0.05, 0.1) is 6.04 Å². The van der Waals surface area contributed by atoms with Crippen LogP contribution in [0, 0.1) is 6.92 Å². The normalized spacial score (nSPS) is 12.7. The first-order valence-corrected chi connectivity index (χ1v) is 5.14. The number of aromatic nitrogens is 3. The Kier molecular flexibility index (Phi) is 2.96. The second-order valence-corrected chi connectivity index (χ2v) is 3.66. The van der Waals surface area contributed by atoms with Gasteiger partial charge in [0, 0.05) is 18.0 Å². The van der Waals surface area contributed by atoms with Gasteiger partial charge in [0.25, 0.3) is 0 Å². The number of nitrogens with one attached hydrogen (secondary N) is 1. The molecule has 0 amide bonds. The summed E-state index contributed by atoms with van der Waals surface area (Å²) in [6.45, 7) is 3.94. The van der Waals surface area contributed by atoms with Crippen LogP contribution < -0.4 is 5.32 Å². The van der Waals surface area contributed by atoms with Crippen molar-refractivity contribution in [2.24, 2.45) is 0 Å². The minimum Gasteiger partial charge on any atom is -0.337 e. The average molecular weight is 218 g/mol. The van der Waals surface area contributed by atoms with Gasteiger partial charge in [-0.2, -0.15) is 4.98 Å². The van der Waals surface area contributed by atoms with Gasteiger partial charge in [0.2, 0.25) is 11.7 Å². The summed E-state index contributed by atoms with van der Waals surface area (Å²) in [5.74, 6) is 1.20. The molecule has 1 unspecified atom stereocenters. The van der Waals surface area contributed by atoms with E-state index < -0.39 is 0 Å². The minimum absolute atomic E-state index is 0.0587. The van der Waals surface area contributed by atoms with E-state index in [4.69, 9.17) is 4.52 Å². The predicted molar refractivity (Wildman–Crippen MR) is 59.7 cm³/mol. The maximum absolute atomic E-state index is 5.18. The fourth-order valence-electron chi connectivity index (χ4n) is 1.37. The third-order valence-corrected chi connectivity index (χ3v) is 2.51. The van der Waals surface area contributed by atoms with Crippen molar-refractivity contribution in [2.75, 3.05) is 7.05 Å². The number of nitrogens with zero attached hydrogens (tertiary/aromatic N) is 3. The van der Waals surface area contributed by atoms with Gasteiger partial charge in [-0.3, -0.25) is 4.98 Å². The van der Waals surface area contributed by atoms with Gasteiger partial charge in [0.15, 0.2) is 0 Å². The summed E-state index contributed by atoms with van der Waals surface area (Å²) >= 11 is 0. The van der Waals surface area contributed by atoms with E-state index in [1.54, 1.807) is 12.4 Å². The molecule has 0 bridgehead atoms. The highest BCUT2D eigenvalue weighted by Gasteiger charge is 2.14. The maximum Gasteiger partial charge on any atom is 0.243 e. The number of aryl methyl sites for hydroxylation is 1. The zero-order chi connectivity index (χ0) is 11.5. The van der Waals surface area contributed by atoms with Crippen molar-refractivity contribution in [1.82, 2.24) is 20.4 Å². The van der Waals surface area contributed by atoms with Crippen LogP contribution in [0.5, 0.6) is 0 Å². The first-order chi connectivity index (χ1) is 7.72. The van der Waals surface area contributed by atoms with Crippen molar-refractivity contribution in [3.8, 4) is 11.4 Å². The van der Waals surface area contributed by atoms with E-state index in [9.17, 15) is 0 Å². The van der Waals surface area contributed by atoms with Gasteiger partial charge < -0.3 is 9.84 Å². The SMILES string of the molecule is CNC(C)c1nc(-c2ccncc2C)no1. The van der Waals surface area contributed by atoms with Gasteiger partial charge in [-0.25, -0.2) is 0 Å². The molecule has 0 spiro atoms. The zero-order valence-corrected chi connectivity index (χ0v) is 9.56. The van der Waals surface area contributed by atoms with Crippen molar-refractivity contribution in [2.45, 2.75) is 19.9 Å². The van der Waals surface area contributed by atoms with Crippen LogP contribution in [0.15, 0.2) is 23.0 Å². The van der Waals surface area contributed by atoms with E-state index in [0.29, 0.717) is 11.7 Å². The molecule has 0 fully saturated rings. The lowest BCUT2D eigenvalue weighted by molar-refractivity contribution is 0.347. The Balaban J connectivity index is 2.35. The highest BCUT2D eigenvalue weighted by Crippen LogP contribution is 2.20. The third kappa shape index (κ3) is 1.94. The maximum atomic E-state index is 5.18. The van der Waals surface area contributed by atoms with Crippen molar-refractivity contribution >= 4 is 0 Å². The quantitative estimate of drug-likeness (QED) is 0.849. The van der Waals surface area contributed by atoms with Crippen molar-refractivity contribution in [3.63, 3.8) is 0 Å². The third-order valence-electron chi connectivity index (χ3n) is 2.51. The van der Waals surface area contributed by atoms with Gasteiger partial charge >= 0.3 is 0 Å². The first kappa shape index (κ1) is 10.8. The minimum atomic E-state index is 0.0587. The molecule has 1 N–H and O–H groups in total. The molecule has 2 rings (SSSR count). The zero-order valence-electron chi connectivity index (χ0n) is 9.56. The Morgan fingerprint density at radius 2 is 2.25 bits per heavy atom. The van der Waals surface area contributed by atoms with Crippen LogP contribution in [-0.2, 0) is 0 Å². The standard InChI is InChI=1S/C11H14N4O/c1-7-6-13-5-4-9(7)10-14-11(16-15-10)8(2)12-3/h4-6,8,12H,1-3H3. The average Bonchev–Trinajstić information content (AvgIpc) is 2.78. The molecule has 2 aromatic rings. The molecule has 84 valence electrons. The molecular formula is C11H14N4O. The summed E-state index contributed by atoms with van der Waals surface area (Å²) in [5.41, 5.74) is 1.99. The molecule has 0 aromatic carbocycles. The number of hydrogen-bond acceptors (Lipinski definition) is 5. The molecule has 0 saturated heterocycles. The van der Waals surface area contributed by atoms with Crippen LogP contribution in [0.2, 0.25) is 0 Å². The van der Waals surface area contributed by atoms with E-state index >= 15 is 0 Å². The largest absolute Gasteiger partial charge is 0.337 e. The van der Waals surface area contributed by atoms with Gasteiger partial charge in [-0.1, -0.05) is 5.16 Å². The van der Waals surface area contributed by atoms with Crippen molar-refractivity contribution in [3.05, 3.63) is 29.9 Å². The van der Waals surface area contributed by atoms with Crippen LogP contribution in [0.3, 0.4) is 0 Å². The van der Waals surface area contributed by atoms with Crippen molar-refractivity contribution in [1.29, 1.82) is 0 Å². The summed E-state index contributed by atoms with van der Waals surface area (Å²) in [4.78, 5) is 8.37. The summed E-state index contributed by atoms with van der Waals surface area (Å²) in [5, 5.41) is 7.01. The monoisotopic (exact) mass is 218 g/mol. The van der Waals surface area contributed by atoms with Gasteiger partial charge in [-0.05, 0) is 32.5 Å². The fraction of sp³-hybridized carbons (Fsp3) is 0.364. The number of rotatable bonds is 3. The van der Waals surface area contributed by atoms with Crippen LogP contribution >= 0.6 is 0 Å². The Labute approximate surface area is 93.9 Å². The summed E-state index contributed by atoms with van der Waals surface area (Å²) in [7, 11) is 1.85.